The second-order valence-electron chi connectivity index (χ2n) is 7.05. The van der Waals surface area contributed by atoms with Crippen molar-refractivity contribution in [3.63, 3.8) is 0 Å². The highest BCUT2D eigenvalue weighted by atomic mass is 32.2. The van der Waals surface area contributed by atoms with Crippen LogP contribution >= 0.6 is 0 Å². The Kier molecular flexibility index (Phi) is 4.91. The summed E-state index contributed by atoms with van der Waals surface area (Å²) in [5, 5.41) is 1.84. The minimum Gasteiger partial charge on any atom is -0.469 e. The van der Waals surface area contributed by atoms with Crippen LogP contribution in [0, 0.1) is 11.8 Å². The van der Waals surface area contributed by atoms with Crippen LogP contribution in [0.4, 0.5) is 0 Å². The molecule has 0 unspecified atom stereocenters. The molecule has 6 heteroatoms. The van der Waals surface area contributed by atoms with E-state index in [1.807, 2.05) is 54.6 Å². The molecule has 1 aliphatic rings. The molecule has 3 atom stereocenters. The molecule has 3 aromatic rings. The first-order valence-electron chi connectivity index (χ1n) is 9.13. The number of carbonyl (C=O) groups is 1. The molecule has 0 spiro atoms. The second kappa shape index (κ2) is 7.37. The zero-order chi connectivity index (χ0) is 19.7. The first kappa shape index (κ1) is 18.7. The van der Waals surface area contributed by atoms with Crippen LogP contribution in [0.15, 0.2) is 77.7 Å². The van der Waals surface area contributed by atoms with Crippen LogP contribution in [0.1, 0.15) is 18.0 Å². The van der Waals surface area contributed by atoms with E-state index < -0.39 is 16.1 Å². The van der Waals surface area contributed by atoms with Gasteiger partial charge in [0, 0.05) is 0 Å². The molecule has 0 amide bonds. The normalized spacial score (nSPS) is 19.9. The predicted molar refractivity (Wildman–Crippen MR) is 107 cm³/mol. The van der Waals surface area contributed by atoms with Gasteiger partial charge in [-0.1, -0.05) is 60.7 Å². The minimum absolute atomic E-state index is 0.120. The van der Waals surface area contributed by atoms with E-state index in [9.17, 15) is 13.2 Å². The fraction of sp³-hybridized carbons (Fsp3) is 0.227. The molecule has 1 N–H and O–H groups in total. The SMILES string of the molecule is COC(=O)[C@@H]1C[C@H]1[C@@H](NS(=O)(=O)c1ccc2ccccc2c1)c1ccccc1. The lowest BCUT2D eigenvalue weighted by Crippen LogP contribution is -2.31. The van der Waals surface area contributed by atoms with Crippen LogP contribution in [0.2, 0.25) is 0 Å². The quantitative estimate of drug-likeness (QED) is 0.647. The minimum atomic E-state index is -3.76. The Morgan fingerprint density at radius 3 is 2.39 bits per heavy atom. The number of fused-ring (bicyclic) bond motifs is 1. The highest BCUT2D eigenvalue weighted by Crippen LogP contribution is 2.48. The van der Waals surface area contributed by atoms with Crippen LogP contribution in [-0.2, 0) is 19.6 Å². The number of carbonyl (C=O) groups excluding carboxylic acids is 1. The molecule has 0 aromatic heterocycles. The highest BCUT2D eigenvalue weighted by Gasteiger charge is 2.50. The number of hydrogen-bond acceptors (Lipinski definition) is 4. The molecule has 4 rings (SSSR count). The first-order valence-corrected chi connectivity index (χ1v) is 10.6. The number of hydrogen-bond donors (Lipinski definition) is 1. The number of ether oxygens (including phenoxy) is 1. The van der Waals surface area contributed by atoms with Gasteiger partial charge in [-0.15, -0.1) is 0 Å². The monoisotopic (exact) mass is 395 g/mol. The van der Waals surface area contributed by atoms with Crippen molar-refractivity contribution >= 4 is 26.8 Å². The molecule has 3 aromatic carbocycles. The lowest BCUT2D eigenvalue weighted by molar-refractivity contribution is -0.142. The van der Waals surface area contributed by atoms with Gasteiger partial charge < -0.3 is 4.74 Å². The van der Waals surface area contributed by atoms with E-state index in [4.69, 9.17) is 4.74 Å². The summed E-state index contributed by atoms with van der Waals surface area (Å²) in [5.74, 6) is -0.699. The molecule has 1 aliphatic carbocycles. The summed E-state index contributed by atoms with van der Waals surface area (Å²) >= 11 is 0. The van der Waals surface area contributed by atoms with Crippen molar-refractivity contribution in [2.24, 2.45) is 11.8 Å². The van der Waals surface area contributed by atoms with Gasteiger partial charge in [-0.05, 0) is 40.8 Å². The number of nitrogens with one attached hydrogen (secondary N) is 1. The number of esters is 1. The van der Waals surface area contributed by atoms with E-state index in [0.29, 0.717) is 6.42 Å². The largest absolute Gasteiger partial charge is 0.469 e. The van der Waals surface area contributed by atoms with E-state index in [1.165, 1.54) is 7.11 Å². The van der Waals surface area contributed by atoms with Crippen LogP contribution in [0.3, 0.4) is 0 Å². The average Bonchev–Trinajstić information content (AvgIpc) is 3.52. The Bertz CT molecular complexity index is 1110. The van der Waals surface area contributed by atoms with E-state index >= 15 is 0 Å². The summed E-state index contributed by atoms with van der Waals surface area (Å²) in [4.78, 5) is 12.1. The van der Waals surface area contributed by atoms with Crippen molar-refractivity contribution in [3.05, 3.63) is 78.4 Å². The first-order chi connectivity index (χ1) is 13.5. The summed E-state index contributed by atoms with van der Waals surface area (Å²) in [6.45, 7) is 0. The lowest BCUT2D eigenvalue weighted by Gasteiger charge is -2.20. The summed E-state index contributed by atoms with van der Waals surface area (Å²) in [6, 6.07) is 21.6. The van der Waals surface area contributed by atoms with Gasteiger partial charge in [-0.25, -0.2) is 13.1 Å². The summed E-state index contributed by atoms with van der Waals surface area (Å²) in [5.41, 5.74) is 0.836. The van der Waals surface area contributed by atoms with Gasteiger partial charge in [0.15, 0.2) is 0 Å². The van der Waals surface area contributed by atoms with Gasteiger partial charge in [-0.3, -0.25) is 4.79 Å². The third kappa shape index (κ3) is 3.66. The molecule has 1 fully saturated rings. The van der Waals surface area contributed by atoms with Crippen molar-refractivity contribution in [2.75, 3.05) is 7.11 Å². The topological polar surface area (TPSA) is 72.5 Å². The number of benzene rings is 3. The van der Waals surface area contributed by atoms with Gasteiger partial charge in [0.1, 0.15) is 0 Å². The summed E-state index contributed by atoms with van der Waals surface area (Å²) in [7, 11) is -2.41. The lowest BCUT2D eigenvalue weighted by atomic mass is 10.0. The molecule has 1 saturated carbocycles. The molecule has 0 bridgehead atoms. The van der Waals surface area contributed by atoms with Crippen molar-refractivity contribution in [2.45, 2.75) is 17.4 Å². The number of methoxy groups -OCH3 is 1. The summed E-state index contributed by atoms with van der Waals surface area (Å²) < 4.78 is 33.9. The second-order valence-corrected chi connectivity index (χ2v) is 8.76. The third-order valence-electron chi connectivity index (χ3n) is 5.24. The van der Waals surface area contributed by atoms with Crippen molar-refractivity contribution in [1.82, 2.24) is 4.72 Å². The molecule has 0 saturated heterocycles. The van der Waals surface area contributed by atoms with Gasteiger partial charge in [0.25, 0.3) is 0 Å². The van der Waals surface area contributed by atoms with E-state index in [-0.39, 0.29) is 22.7 Å². The van der Waals surface area contributed by atoms with Crippen LogP contribution in [0.25, 0.3) is 10.8 Å². The van der Waals surface area contributed by atoms with Crippen molar-refractivity contribution < 1.29 is 17.9 Å². The smallest absolute Gasteiger partial charge is 0.309 e. The zero-order valence-corrected chi connectivity index (χ0v) is 16.2. The molecule has 5 nitrogen and oxygen atoms in total. The van der Waals surface area contributed by atoms with Gasteiger partial charge in [0.05, 0.1) is 24.0 Å². The molecule has 0 aliphatic heterocycles. The maximum absolute atomic E-state index is 13.1. The van der Waals surface area contributed by atoms with Crippen LogP contribution in [0.5, 0.6) is 0 Å². The van der Waals surface area contributed by atoms with Crippen molar-refractivity contribution in [3.8, 4) is 0 Å². The fourth-order valence-corrected chi connectivity index (χ4v) is 4.95. The summed E-state index contributed by atoms with van der Waals surface area (Å²) in [6.07, 6.45) is 0.604. The molecular formula is C22H21NO4S. The fourth-order valence-electron chi connectivity index (χ4n) is 3.64. The number of rotatable bonds is 6. The standard InChI is InChI=1S/C22H21NO4S/c1-27-22(24)20-14-19(20)21(16-8-3-2-4-9-16)23-28(25,26)18-12-11-15-7-5-6-10-17(15)13-18/h2-13,19-21,23H,14H2,1H3/t19-,20-,21+/m1/s1. The van der Waals surface area contributed by atoms with Gasteiger partial charge >= 0.3 is 5.97 Å². The molecule has 0 radical (unpaired) electrons. The molecular weight excluding hydrogens is 374 g/mol. The molecule has 144 valence electrons. The Labute approximate surface area is 164 Å². The Hall–Kier alpha value is -2.70. The Morgan fingerprint density at radius 2 is 1.68 bits per heavy atom. The highest BCUT2D eigenvalue weighted by molar-refractivity contribution is 7.89. The third-order valence-corrected chi connectivity index (χ3v) is 6.68. The Morgan fingerprint density at radius 1 is 1.00 bits per heavy atom. The van der Waals surface area contributed by atoms with Crippen LogP contribution in [-0.4, -0.2) is 21.5 Å². The number of sulfonamides is 1. The maximum atomic E-state index is 13.1. The van der Waals surface area contributed by atoms with Crippen molar-refractivity contribution in [1.29, 1.82) is 0 Å². The maximum Gasteiger partial charge on any atom is 0.309 e. The van der Waals surface area contributed by atoms with E-state index in [0.717, 1.165) is 16.3 Å². The average molecular weight is 395 g/mol. The van der Waals surface area contributed by atoms with Gasteiger partial charge in [0.2, 0.25) is 10.0 Å². The van der Waals surface area contributed by atoms with E-state index in [2.05, 4.69) is 4.72 Å². The Balaban J connectivity index is 1.66. The van der Waals surface area contributed by atoms with Crippen LogP contribution < -0.4 is 4.72 Å². The van der Waals surface area contributed by atoms with Gasteiger partial charge in [-0.2, -0.15) is 0 Å². The molecule has 0 heterocycles. The molecule has 28 heavy (non-hydrogen) atoms. The van der Waals surface area contributed by atoms with E-state index in [1.54, 1.807) is 18.2 Å². The predicted octanol–water partition coefficient (Wildman–Crippen LogP) is 3.67. The zero-order valence-electron chi connectivity index (χ0n) is 15.4.